The molecular weight excluding hydrogens is 402 g/mol. The molecule has 32 heavy (non-hydrogen) atoms. The monoisotopic (exact) mass is 429 g/mol. The Bertz CT molecular complexity index is 1060. The number of para-hydroxylation sites is 1. The zero-order chi connectivity index (χ0) is 22.8. The molecule has 0 radical (unpaired) electrons. The second-order valence-corrected chi connectivity index (χ2v) is 7.40. The summed E-state index contributed by atoms with van der Waals surface area (Å²) in [6.07, 6.45) is 2.16. The number of hydrogen-bond acceptors (Lipinski definition) is 3. The van der Waals surface area contributed by atoms with Gasteiger partial charge in [0.25, 0.3) is 11.8 Å². The van der Waals surface area contributed by atoms with Crippen LogP contribution in [0.25, 0.3) is 0 Å². The quantitative estimate of drug-likeness (QED) is 0.433. The Balaban J connectivity index is 1.60. The molecule has 0 atom stereocenters. The molecule has 3 aromatic carbocycles. The van der Waals surface area contributed by atoms with E-state index in [0.29, 0.717) is 29.0 Å². The molecule has 6 nitrogen and oxygen atoms in total. The van der Waals surface area contributed by atoms with E-state index in [4.69, 9.17) is 0 Å². The molecular formula is C26H27N3O3. The van der Waals surface area contributed by atoms with E-state index in [1.54, 1.807) is 48.5 Å². The van der Waals surface area contributed by atoms with Crippen molar-refractivity contribution in [3.05, 3.63) is 95.6 Å². The molecule has 0 aliphatic rings. The second kappa shape index (κ2) is 11.5. The standard InChI is InChI=1S/C26H27N3O3/c1-2-3-17-27-26(32)22-11-7-8-12-23(22)29-25(31)20-13-15-21(16-14-20)28-24(30)18-19-9-5-4-6-10-19/h4-16H,2-3,17-18H2,1H3,(H,27,32)(H,28,30)(H,29,31). The van der Waals surface area contributed by atoms with E-state index in [1.807, 2.05) is 30.3 Å². The van der Waals surface area contributed by atoms with Crippen molar-refractivity contribution in [3.63, 3.8) is 0 Å². The molecule has 0 aliphatic carbocycles. The van der Waals surface area contributed by atoms with Crippen molar-refractivity contribution >= 4 is 29.1 Å². The van der Waals surface area contributed by atoms with Crippen molar-refractivity contribution in [1.29, 1.82) is 0 Å². The molecule has 0 fully saturated rings. The molecule has 3 N–H and O–H groups in total. The van der Waals surface area contributed by atoms with Crippen molar-refractivity contribution in [2.75, 3.05) is 17.2 Å². The molecule has 164 valence electrons. The van der Waals surface area contributed by atoms with Crippen LogP contribution >= 0.6 is 0 Å². The summed E-state index contributed by atoms with van der Waals surface area (Å²) in [5, 5.41) is 8.50. The van der Waals surface area contributed by atoms with Gasteiger partial charge >= 0.3 is 0 Å². The summed E-state index contributed by atoms with van der Waals surface area (Å²) in [6.45, 7) is 2.65. The first-order chi connectivity index (χ1) is 15.6. The predicted octanol–water partition coefficient (Wildman–Crippen LogP) is 4.65. The van der Waals surface area contributed by atoms with Gasteiger partial charge in [-0.15, -0.1) is 0 Å². The van der Waals surface area contributed by atoms with Crippen LogP contribution in [-0.4, -0.2) is 24.3 Å². The topological polar surface area (TPSA) is 87.3 Å². The summed E-state index contributed by atoms with van der Waals surface area (Å²) in [5.74, 6) is -0.678. The zero-order valence-electron chi connectivity index (χ0n) is 18.1. The van der Waals surface area contributed by atoms with Crippen molar-refractivity contribution in [2.45, 2.75) is 26.2 Å². The highest BCUT2D eigenvalue weighted by atomic mass is 16.2. The predicted molar refractivity (Wildman–Crippen MR) is 127 cm³/mol. The maximum atomic E-state index is 12.7. The third kappa shape index (κ3) is 6.54. The molecule has 3 amide bonds. The number of nitrogens with one attached hydrogen (secondary N) is 3. The number of unbranched alkanes of at least 4 members (excludes halogenated alkanes) is 1. The van der Waals surface area contributed by atoms with Gasteiger partial charge in [0.1, 0.15) is 0 Å². The molecule has 3 aromatic rings. The van der Waals surface area contributed by atoms with Gasteiger partial charge in [-0.3, -0.25) is 14.4 Å². The van der Waals surface area contributed by atoms with Crippen LogP contribution in [0.4, 0.5) is 11.4 Å². The van der Waals surface area contributed by atoms with Gasteiger partial charge in [0.2, 0.25) is 5.91 Å². The highest BCUT2D eigenvalue weighted by Gasteiger charge is 2.14. The van der Waals surface area contributed by atoms with Crippen LogP contribution in [0, 0.1) is 0 Å². The van der Waals surface area contributed by atoms with Gasteiger partial charge < -0.3 is 16.0 Å². The number of benzene rings is 3. The summed E-state index contributed by atoms with van der Waals surface area (Å²) in [5.41, 5.74) is 2.83. The van der Waals surface area contributed by atoms with Gasteiger partial charge in [-0.1, -0.05) is 55.8 Å². The Morgan fingerprint density at radius 3 is 2.16 bits per heavy atom. The molecule has 0 saturated heterocycles. The van der Waals surface area contributed by atoms with E-state index >= 15 is 0 Å². The Kier molecular flexibility index (Phi) is 8.15. The molecule has 0 saturated carbocycles. The fraction of sp³-hybridized carbons (Fsp3) is 0.192. The summed E-state index contributed by atoms with van der Waals surface area (Å²) in [4.78, 5) is 37.3. The lowest BCUT2D eigenvalue weighted by atomic mass is 10.1. The minimum Gasteiger partial charge on any atom is -0.352 e. The zero-order valence-corrected chi connectivity index (χ0v) is 18.1. The fourth-order valence-corrected chi connectivity index (χ4v) is 3.15. The molecule has 0 aromatic heterocycles. The summed E-state index contributed by atoms with van der Waals surface area (Å²) in [7, 11) is 0. The van der Waals surface area contributed by atoms with Gasteiger partial charge in [-0.05, 0) is 48.4 Å². The van der Waals surface area contributed by atoms with Crippen LogP contribution in [0.2, 0.25) is 0 Å². The first-order valence-corrected chi connectivity index (χ1v) is 10.7. The average molecular weight is 430 g/mol. The van der Waals surface area contributed by atoms with Crippen LogP contribution in [0.3, 0.4) is 0 Å². The minimum absolute atomic E-state index is 0.128. The molecule has 0 bridgehead atoms. The van der Waals surface area contributed by atoms with E-state index < -0.39 is 0 Å². The molecule has 0 heterocycles. The third-order valence-electron chi connectivity index (χ3n) is 4.87. The SMILES string of the molecule is CCCCNC(=O)c1ccccc1NC(=O)c1ccc(NC(=O)Cc2ccccc2)cc1. The molecule has 0 spiro atoms. The van der Waals surface area contributed by atoms with Crippen LogP contribution in [0.5, 0.6) is 0 Å². The normalized spacial score (nSPS) is 10.3. The number of carbonyl (C=O) groups excluding carboxylic acids is 3. The minimum atomic E-state index is -0.332. The third-order valence-corrected chi connectivity index (χ3v) is 4.87. The number of carbonyl (C=O) groups is 3. The van der Waals surface area contributed by atoms with E-state index in [-0.39, 0.29) is 24.1 Å². The van der Waals surface area contributed by atoms with Crippen molar-refractivity contribution in [1.82, 2.24) is 5.32 Å². The summed E-state index contributed by atoms with van der Waals surface area (Å²) < 4.78 is 0. The van der Waals surface area contributed by atoms with Crippen molar-refractivity contribution in [2.24, 2.45) is 0 Å². The molecule has 0 unspecified atom stereocenters. The van der Waals surface area contributed by atoms with Crippen LogP contribution < -0.4 is 16.0 Å². The van der Waals surface area contributed by atoms with Crippen LogP contribution in [-0.2, 0) is 11.2 Å². The van der Waals surface area contributed by atoms with Gasteiger partial charge in [0, 0.05) is 17.8 Å². The maximum absolute atomic E-state index is 12.7. The Morgan fingerprint density at radius 1 is 0.750 bits per heavy atom. The summed E-state index contributed by atoms with van der Waals surface area (Å²) in [6, 6.07) is 23.0. The largest absolute Gasteiger partial charge is 0.352 e. The maximum Gasteiger partial charge on any atom is 0.255 e. The van der Waals surface area contributed by atoms with Gasteiger partial charge in [0.05, 0.1) is 17.7 Å². The number of hydrogen-bond donors (Lipinski definition) is 3. The first kappa shape index (κ1) is 22.7. The van der Waals surface area contributed by atoms with E-state index in [0.717, 1.165) is 18.4 Å². The second-order valence-electron chi connectivity index (χ2n) is 7.40. The summed E-state index contributed by atoms with van der Waals surface area (Å²) >= 11 is 0. The van der Waals surface area contributed by atoms with E-state index in [9.17, 15) is 14.4 Å². The lowest BCUT2D eigenvalue weighted by Crippen LogP contribution is -2.26. The highest BCUT2D eigenvalue weighted by Crippen LogP contribution is 2.17. The van der Waals surface area contributed by atoms with Crippen LogP contribution in [0.15, 0.2) is 78.9 Å². The van der Waals surface area contributed by atoms with Gasteiger partial charge in [-0.2, -0.15) is 0 Å². The van der Waals surface area contributed by atoms with E-state index in [2.05, 4.69) is 22.9 Å². The Morgan fingerprint density at radius 2 is 1.44 bits per heavy atom. The Hall–Kier alpha value is -3.93. The number of anilines is 2. The average Bonchev–Trinajstić information content (AvgIpc) is 2.80. The molecule has 6 heteroatoms. The molecule has 0 aliphatic heterocycles. The van der Waals surface area contributed by atoms with Crippen molar-refractivity contribution < 1.29 is 14.4 Å². The lowest BCUT2D eigenvalue weighted by molar-refractivity contribution is -0.115. The van der Waals surface area contributed by atoms with Crippen molar-refractivity contribution in [3.8, 4) is 0 Å². The van der Waals surface area contributed by atoms with E-state index in [1.165, 1.54) is 0 Å². The Labute approximate surface area is 188 Å². The van der Waals surface area contributed by atoms with Gasteiger partial charge in [0.15, 0.2) is 0 Å². The highest BCUT2D eigenvalue weighted by molar-refractivity contribution is 6.09. The smallest absolute Gasteiger partial charge is 0.255 e. The van der Waals surface area contributed by atoms with Gasteiger partial charge in [-0.25, -0.2) is 0 Å². The lowest BCUT2D eigenvalue weighted by Gasteiger charge is -2.12. The first-order valence-electron chi connectivity index (χ1n) is 10.7. The van der Waals surface area contributed by atoms with Crippen LogP contribution in [0.1, 0.15) is 46.0 Å². The molecule has 3 rings (SSSR count). The fourth-order valence-electron chi connectivity index (χ4n) is 3.15. The number of rotatable bonds is 9. The number of amides is 3.